The van der Waals surface area contributed by atoms with Gasteiger partial charge in [0.05, 0.1) is 19.5 Å². The molecule has 300 valence electrons. The predicted molar refractivity (Wildman–Crippen MR) is 180 cm³/mol. The minimum atomic E-state index is -5.58. The number of imidazole rings is 1. The van der Waals surface area contributed by atoms with E-state index in [0.717, 1.165) is 29.0 Å². The van der Waals surface area contributed by atoms with Gasteiger partial charge in [0.1, 0.15) is 36.3 Å². The van der Waals surface area contributed by atoms with E-state index in [1.54, 1.807) is 13.8 Å². The average molecular weight is 844 g/mol. The average Bonchev–Trinajstić information content (AvgIpc) is 3.60. The summed E-state index contributed by atoms with van der Waals surface area (Å²) in [5.74, 6) is -1.25. The number of fused-ring (bicyclic) bond motifs is 1. The molecule has 3 unspecified atom stereocenters. The van der Waals surface area contributed by atoms with Crippen molar-refractivity contribution in [3.05, 3.63) is 12.7 Å². The van der Waals surface area contributed by atoms with Crippen molar-refractivity contribution in [1.29, 1.82) is 0 Å². The largest absolute Gasteiger partial charge is 1.00 e. The van der Waals surface area contributed by atoms with Crippen LogP contribution in [0.15, 0.2) is 12.7 Å². The van der Waals surface area contributed by atoms with Crippen molar-refractivity contribution in [3.8, 4) is 0 Å². The zero-order valence-corrected chi connectivity index (χ0v) is 33.1. The van der Waals surface area contributed by atoms with Gasteiger partial charge in [-0.25, -0.2) is 24.1 Å². The first-order valence-corrected chi connectivity index (χ1v) is 20.9. The number of carbonyl (C=O) groups is 3. The van der Waals surface area contributed by atoms with Gasteiger partial charge in [-0.05, 0) is 0 Å². The molecule has 0 aliphatic carbocycles. The van der Waals surface area contributed by atoms with Gasteiger partial charge in [-0.1, -0.05) is 39.5 Å². The molecule has 2 aromatic heterocycles. The number of phosphoric acid groups is 3. The van der Waals surface area contributed by atoms with Crippen LogP contribution >= 0.6 is 35.2 Å². The minimum absolute atomic E-state index is 0. The maximum atomic E-state index is 12.6. The Labute approximate surface area is 324 Å². The molecule has 2 aromatic rings. The Kier molecular flexibility index (Phi) is 17.9. The van der Waals surface area contributed by atoms with Crippen LogP contribution in [-0.4, -0.2) is 118 Å². The third-order valence-corrected chi connectivity index (χ3v) is 11.5. The first-order chi connectivity index (χ1) is 24.4. The van der Waals surface area contributed by atoms with E-state index in [0.29, 0.717) is 5.75 Å². The summed E-state index contributed by atoms with van der Waals surface area (Å²) in [5, 5.41) is 26.2. The van der Waals surface area contributed by atoms with Crippen LogP contribution in [0.2, 0.25) is 0 Å². The summed E-state index contributed by atoms with van der Waals surface area (Å²) in [5.41, 5.74) is 4.22. The number of hydrogen-bond acceptors (Lipinski definition) is 19. The number of rotatable bonds is 20. The number of thioether (sulfide) groups is 1. The van der Waals surface area contributed by atoms with Gasteiger partial charge in [0, 0.05) is 36.6 Å². The normalized spacial score (nSPS) is 22.8. The van der Waals surface area contributed by atoms with Crippen LogP contribution in [0, 0.1) is 11.3 Å². The molecule has 9 N–H and O–H groups in total. The number of nitrogens with one attached hydrogen (secondary N) is 2. The number of ether oxygens (including phenoxy) is 1. The number of carbonyl (C=O) groups excluding carboxylic acids is 3. The number of nitrogens with zero attached hydrogens (tertiary/aromatic N) is 4. The molecular weight excluding hydrogens is 802 g/mol. The van der Waals surface area contributed by atoms with Crippen LogP contribution in [0.1, 0.15) is 40.3 Å². The molecule has 1 aliphatic heterocycles. The second-order valence-electron chi connectivity index (χ2n) is 12.4. The number of anilines is 1. The number of amides is 2. The van der Waals surface area contributed by atoms with Gasteiger partial charge in [0.15, 0.2) is 22.8 Å². The van der Waals surface area contributed by atoms with Crippen molar-refractivity contribution in [2.75, 3.05) is 37.8 Å². The van der Waals surface area contributed by atoms with E-state index >= 15 is 0 Å². The molecule has 2 amide bonds. The first-order valence-electron chi connectivity index (χ1n) is 15.5. The molecule has 3 rings (SSSR count). The molecule has 0 saturated carbocycles. The van der Waals surface area contributed by atoms with Crippen molar-refractivity contribution in [3.63, 3.8) is 0 Å². The Morgan fingerprint density at radius 1 is 1.09 bits per heavy atom. The van der Waals surface area contributed by atoms with Gasteiger partial charge in [-0.3, -0.25) is 32.6 Å². The number of phosphoric ester groups is 3. The number of aliphatic hydroxyl groups is 2. The smallest absolute Gasteiger partial charge is 0.756 e. The standard InChI is InChI=1S/C25H42N7O17P3S.Li/c1-13(2)24(37)53-8-7-27-15(33)5-6-28-22(36)19(35)25(3,4)10-46-52(43,44)49-51(41,42)45-9-14-18(48-50(38,39)40)17(34)23(47-14)32-12-31-16-20(26)29-11-30-21(16)32;/h11-14,17-19,23,34-35H,5-10H2,1-4H3,(H,27,33)(H,28,36)(H,41,42)(H,43,44)(H2,26,29,30)(H2,38,39,40);/q;+1/p-1/t14-,17-,18-,19+,23-;/m1./s1. The third-order valence-electron chi connectivity index (χ3n) is 7.21. The Morgan fingerprint density at radius 2 is 1.74 bits per heavy atom. The van der Waals surface area contributed by atoms with Gasteiger partial charge in [-0.2, -0.15) is 4.31 Å². The van der Waals surface area contributed by atoms with E-state index in [1.165, 1.54) is 13.8 Å². The number of nitrogen functional groups attached to an aromatic ring is 1. The summed E-state index contributed by atoms with van der Waals surface area (Å²) >= 11 is 1.08. The second kappa shape index (κ2) is 20.0. The SMILES string of the molecule is CC(C)C(=O)SCCNC(=O)CCNC(=O)[C@H](O)C(C)(C)COP(=O)(O)OP(=O)(O)OC[C@H]1O[C@@H](n2cnc3c(N)ncnc32)[C@H](O)[C@@H]1OP(=O)([O-])O.[Li+]. The fourth-order valence-electron chi connectivity index (χ4n) is 4.44. The third kappa shape index (κ3) is 14.3. The maximum Gasteiger partial charge on any atom is 1.00 e. The van der Waals surface area contributed by atoms with Crippen molar-refractivity contribution < 1.29 is 99.3 Å². The van der Waals surface area contributed by atoms with E-state index < -0.39 is 84.6 Å². The molecular formula is C25H41LiN7O17P3S. The topological polar surface area (TPSA) is 366 Å². The zero-order chi connectivity index (χ0) is 39.9. The maximum absolute atomic E-state index is 12.6. The monoisotopic (exact) mass is 843 g/mol. The Bertz CT molecular complexity index is 1770. The van der Waals surface area contributed by atoms with Gasteiger partial charge >= 0.3 is 34.5 Å². The molecule has 0 bridgehead atoms. The van der Waals surface area contributed by atoms with Crippen LogP contribution in [0.5, 0.6) is 0 Å². The molecule has 1 saturated heterocycles. The van der Waals surface area contributed by atoms with Crippen molar-refractivity contribution in [2.45, 2.75) is 64.8 Å². The van der Waals surface area contributed by atoms with E-state index in [9.17, 15) is 57.9 Å². The molecule has 24 nitrogen and oxygen atoms in total. The molecule has 0 aromatic carbocycles. The molecule has 54 heavy (non-hydrogen) atoms. The Balaban J connectivity index is 0.0000101. The van der Waals surface area contributed by atoms with Crippen molar-refractivity contribution >= 4 is 69.1 Å². The van der Waals surface area contributed by atoms with Crippen LogP contribution in [-0.2, 0) is 50.7 Å². The second-order valence-corrected chi connectivity index (χ2v) is 17.7. The van der Waals surface area contributed by atoms with Crippen molar-refractivity contribution in [1.82, 2.24) is 30.2 Å². The van der Waals surface area contributed by atoms with E-state index in [-0.39, 0.29) is 66.4 Å². The fraction of sp³-hybridized carbons (Fsp3) is 0.680. The van der Waals surface area contributed by atoms with Crippen LogP contribution in [0.25, 0.3) is 11.2 Å². The van der Waals surface area contributed by atoms with Crippen LogP contribution < -0.4 is 40.1 Å². The molecule has 29 heteroatoms. The first kappa shape index (κ1) is 48.3. The summed E-state index contributed by atoms with van der Waals surface area (Å²) in [6.45, 7) is 3.97. The van der Waals surface area contributed by atoms with E-state index in [1.807, 2.05) is 0 Å². The van der Waals surface area contributed by atoms with E-state index in [2.05, 4.69) is 34.4 Å². The number of aromatic nitrogens is 4. The van der Waals surface area contributed by atoms with Gasteiger partial charge < -0.3 is 55.4 Å². The summed E-state index contributed by atoms with van der Waals surface area (Å²) in [4.78, 5) is 88.9. The summed E-state index contributed by atoms with van der Waals surface area (Å²) in [6, 6.07) is 0. The van der Waals surface area contributed by atoms with E-state index in [4.69, 9.17) is 19.5 Å². The molecule has 0 spiro atoms. The molecule has 0 radical (unpaired) electrons. The van der Waals surface area contributed by atoms with Crippen molar-refractivity contribution in [2.24, 2.45) is 11.3 Å². The number of hydrogen-bond donors (Lipinski definition) is 8. The zero-order valence-electron chi connectivity index (χ0n) is 29.6. The van der Waals surface area contributed by atoms with Gasteiger partial charge in [-0.15, -0.1) is 0 Å². The molecule has 1 aliphatic rings. The molecule has 1 fully saturated rings. The minimum Gasteiger partial charge on any atom is -0.756 e. The van der Waals surface area contributed by atoms with Gasteiger partial charge in [0.25, 0.3) is 7.82 Å². The molecule has 8 atom stereocenters. The summed E-state index contributed by atoms with van der Waals surface area (Å²) in [6.07, 6.45) is -7.09. The van der Waals surface area contributed by atoms with Crippen LogP contribution in [0.4, 0.5) is 5.82 Å². The molecule has 3 heterocycles. The Morgan fingerprint density at radius 3 is 2.37 bits per heavy atom. The number of nitrogens with two attached hydrogens (primary N) is 1. The van der Waals surface area contributed by atoms with Crippen LogP contribution in [0.3, 0.4) is 0 Å². The predicted octanol–water partition coefficient (Wildman–Crippen LogP) is -4.31. The summed E-state index contributed by atoms with van der Waals surface area (Å²) in [7, 11) is -16.6. The summed E-state index contributed by atoms with van der Waals surface area (Å²) < 4.78 is 61.6. The quantitative estimate of drug-likeness (QED) is 0.0355. The Hall–Kier alpha value is -1.84. The van der Waals surface area contributed by atoms with Gasteiger partial charge in [0.2, 0.25) is 11.8 Å². The fourth-order valence-corrected chi connectivity index (χ4v) is 8.00. The number of aliphatic hydroxyl groups excluding tert-OH is 2.